The van der Waals surface area contributed by atoms with Crippen LogP contribution >= 0.6 is 0 Å². The van der Waals surface area contributed by atoms with Crippen LogP contribution in [0.3, 0.4) is 0 Å². The Bertz CT molecular complexity index is 1020. The molecule has 0 radical (unpaired) electrons. The fraction of sp³-hybridized carbons (Fsp3) is 0.231. The fourth-order valence-corrected chi connectivity index (χ4v) is 3.40. The van der Waals surface area contributed by atoms with Gasteiger partial charge in [-0.1, -0.05) is 48.5 Å². The summed E-state index contributed by atoms with van der Waals surface area (Å²) < 4.78 is 5.24. The molecule has 2 N–H and O–H groups in total. The van der Waals surface area contributed by atoms with Crippen LogP contribution in [0, 0.1) is 0 Å². The molecule has 3 aromatic rings. The lowest BCUT2D eigenvalue weighted by molar-refractivity contribution is -0.117. The van der Waals surface area contributed by atoms with Crippen LogP contribution in [0.5, 0.6) is 5.75 Å². The Morgan fingerprint density at radius 2 is 1.56 bits per heavy atom. The molecule has 0 spiro atoms. The van der Waals surface area contributed by atoms with E-state index < -0.39 is 0 Å². The lowest BCUT2D eigenvalue weighted by Gasteiger charge is -2.22. The number of carbonyl (C=O) groups excluding carboxylic acids is 2. The minimum Gasteiger partial charge on any atom is -0.497 e. The zero-order chi connectivity index (χ0) is 22.8. The molecular weight excluding hydrogens is 402 g/mol. The van der Waals surface area contributed by atoms with Gasteiger partial charge < -0.3 is 15.4 Å². The van der Waals surface area contributed by atoms with Crippen LogP contribution in [-0.2, 0) is 17.9 Å². The van der Waals surface area contributed by atoms with Crippen LogP contribution in [0.25, 0.3) is 0 Å². The molecule has 0 aromatic heterocycles. The third kappa shape index (κ3) is 6.96. The Kier molecular flexibility index (Phi) is 8.40. The van der Waals surface area contributed by atoms with Crippen LogP contribution < -0.4 is 15.4 Å². The normalized spacial score (nSPS) is 10.6. The minimum absolute atomic E-state index is 0.137. The summed E-state index contributed by atoms with van der Waals surface area (Å²) in [5.74, 6) is 0.504. The maximum Gasteiger partial charge on any atom is 0.251 e. The van der Waals surface area contributed by atoms with E-state index in [1.54, 1.807) is 31.4 Å². The van der Waals surface area contributed by atoms with Gasteiger partial charge in [0, 0.05) is 30.9 Å². The summed E-state index contributed by atoms with van der Waals surface area (Å²) in [6.07, 6.45) is 0. The number of methoxy groups -OCH3 is 1. The molecule has 0 aliphatic carbocycles. The van der Waals surface area contributed by atoms with Gasteiger partial charge in [0.25, 0.3) is 5.91 Å². The van der Waals surface area contributed by atoms with E-state index in [1.807, 2.05) is 49.4 Å². The number of carbonyl (C=O) groups is 2. The largest absolute Gasteiger partial charge is 0.497 e. The second-order valence-electron chi connectivity index (χ2n) is 7.47. The lowest BCUT2D eigenvalue weighted by atomic mass is 10.1. The summed E-state index contributed by atoms with van der Waals surface area (Å²) in [4.78, 5) is 27.0. The van der Waals surface area contributed by atoms with Crippen molar-refractivity contribution in [2.75, 3.05) is 25.5 Å². The van der Waals surface area contributed by atoms with Gasteiger partial charge in [-0.3, -0.25) is 14.5 Å². The summed E-state index contributed by atoms with van der Waals surface area (Å²) in [5, 5.41) is 5.69. The Balaban J connectivity index is 1.69. The van der Waals surface area contributed by atoms with Crippen molar-refractivity contribution in [1.82, 2.24) is 10.2 Å². The molecule has 0 aliphatic heterocycles. The summed E-state index contributed by atoms with van der Waals surface area (Å²) in [7, 11) is 1.64. The molecule has 0 saturated heterocycles. The quantitative estimate of drug-likeness (QED) is 0.507. The molecule has 6 nitrogen and oxygen atoms in total. The molecule has 166 valence electrons. The molecule has 2 amide bonds. The molecule has 0 aliphatic rings. The van der Waals surface area contributed by atoms with Crippen LogP contribution in [0.15, 0.2) is 78.9 Å². The van der Waals surface area contributed by atoms with E-state index in [1.165, 1.54) is 0 Å². The van der Waals surface area contributed by atoms with E-state index in [2.05, 4.69) is 27.7 Å². The topological polar surface area (TPSA) is 70.7 Å². The van der Waals surface area contributed by atoms with E-state index in [0.29, 0.717) is 30.9 Å². The van der Waals surface area contributed by atoms with Crippen LogP contribution in [0.1, 0.15) is 28.4 Å². The number of benzene rings is 3. The van der Waals surface area contributed by atoms with Gasteiger partial charge in [0.05, 0.1) is 13.7 Å². The second-order valence-corrected chi connectivity index (χ2v) is 7.47. The van der Waals surface area contributed by atoms with Crippen molar-refractivity contribution in [1.29, 1.82) is 0 Å². The first kappa shape index (κ1) is 23.0. The highest BCUT2D eigenvalue weighted by Crippen LogP contribution is 2.16. The van der Waals surface area contributed by atoms with Crippen molar-refractivity contribution >= 4 is 17.5 Å². The van der Waals surface area contributed by atoms with Gasteiger partial charge in [0.15, 0.2) is 0 Å². The molecule has 0 saturated carbocycles. The highest BCUT2D eigenvalue weighted by atomic mass is 16.5. The van der Waals surface area contributed by atoms with E-state index in [-0.39, 0.29) is 18.4 Å². The molecule has 3 rings (SSSR count). The average molecular weight is 432 g/mol. The minimum atomic E-state index is -0.159. The predicted molar refractivity (Wildman–Crippen MR) is 127 cm³/mol. The summed E-state index contributed by atoms with van der Waals surface area (Å²) in [6.45, 7) is 3.89. The van der Waals surface area contributed by atoms with Gasteiger partial charge in [-0.25, -0.2) is 0 Å². The summed E-state index contributed by atoms with van der Waals surface area (Å²) in [6, 6.07) is 24.9. The van der Waals surface area contributed by atoms with Crippen molar-refractivity contribution in [3.63, 3.8) is 0 Å². The molecule has 32 heavy (non-hydrogen) atoms. The van der Waals surface area contributed by atoms with E-state index in [4.69, 9.17) is 4.74 Å². The second kappa shape index (κ2) is 11.7. The van der Waals surface area contributed by atoms with Gasteiger partial charge in [-0.15, -0.1) is 0 Å². The number of amides is 2. The standard InChI is InChI=1S/C26H29N3O3/c1-3-27-26(31)22-10-7-11-23(16-22)28-25(30)19-29(17-20-8-5-4-6-9-20)18-21-12-14-24(32-2)15-13-21/h4-16H,3,17-19H2,1-2H3,(H,27,31)(H,28,30). The molecule has 0 heterocycles. The van der Waals surface area contributed by atoms with Gasteiger partial charge in [-0.05, 0) is 48.4 Å². The molecule has 3 aromatic carbocycles. The van der Waals surface area contributed by atoms with Crippen molar-refractivity contribution in [2.24, 2.45) is 0 Å². The Morgan fingerprint density at radius 3 is 2.22 bits per heavy atom. The number of ether oxygens (including phenoxy) is 1. The zero-order valence-corrected chi connectivity index (χ0v) is 18.5. The number of anilines is 1. The SMILES string of the molecule is CCNC(=O)c1cccc(NC(=O)CN(Cc2ccccc2)Cc2ccc(OC)cc2)c1. The Labute approximate surface area is 189 Å². The lowest BCUT2D eigenvalue weighted by Crippen LogP contribution is -2.32. The first-order valence-corrected chi connectivity index (χ1v) is 10.6. The molecule has 6 heteroatoms. The van der Waals surface area contributed by atoms with Crippen LogP contribution in [-0.4, -0.2) is 36.9 Å². The van der Waals surface area contributed by atoms with Crippen LogP contribution in [0.2, 0.25) is 0 Å². The number of nitrogens with zero attached hydrogens (tertiary/aromatic N) is 1. The van der Waals surface area contributed by atoms with E-state index in [0.717, 1.165) is 16.9 Å². The third-order valence-corrected chi connectivity index (χ3v) is 4.93. The Morgan fingerprint density at radius 1 is 0.875 bits per heavy atom. The summed E-state index contributed by atoms with van der Waals surface area (Å²) in [5.41, 5.74) is 3.34. The molecule has 0 bridgehead atoms. The van der Waals surface area contributed by atoms with Gasteiger partial charge in [0.1, 0.15) is 5.75 Å². The van der Waals surface area contributed by atoms with E-state index >= 15 is 0 Å². The zero-order valence-electron chi connectivity index (χ0n) is 18.5. The van der Waals surface area contributed by atoms with Crippen molar-refractivity contribution in [2.45, 2.75) is 20.0 Å². The maximum atomic E-state index is 12.8. The monoisotopic (exact) mass is 431 g/mol. The fourth-order valence-electron chi connectivity index (χ4n) is 3.40. The first-order chi connectivity index (χ1) is 15.6. The average Bonchev–Trinajstić information content (AvgIpc) is 2.80. The van der Waals surface area contributed by atoms with E-state index in [9.17, 15) is 9.59 Å². The number of nitrogens with one attached hydrogen (secondary N) is 2. The smallest absolute Gasteiger partial charge is 0.251 e. The number of rotatable bonds is 10. The molecule has 0 fully saturated rings. The van der Waals surface area contributed by atoms with Crippen molar-refractivity contribution < 1.29 is 14.3 Å². The first-order valence-electron chi connectivity index (χ1n) is 10.6. The van der Waals surface area contributed by atoms with Crippen LogP contribution in [0.4, 0.5) is 5.69 Å². The number of hydrogen-bond donors (Lipinski definition) is 2. The van der Waals surface area contributed by atoms with Gasteiger partial charge >= 0.3 is 0 Å². The maximum absolute atomic E-state index is 12.8. The predicted octanol–water partition coefficient (Wildman–Crippen LogP) is 4.09. The summed E-state index contributed by atoms with van der Waals surface area (Å²) >= 11 is 0. The Hall–Kier alpha value is -3.64. The highest BCUT2D eigenvalue weighted by Gasteiger charge is 2.14. The number of hydrogen-bond acceptors (Lipinski definition) is 4. The van der Waals surface area contributed by atoms with Crippen molar-refractivity contribution in [3.8, 4) is 5.75 Å². The third-order valence-electron chi connectivity index (χ3n) is 4.93. The highest BCUT2D eigenvalue weighted by molar-refractivity contribution is 5.97. The van der Waals surface area contributed by atoms with Gasteiger partial charge in [0.2, 0.25) is 5.91 Å². The molecule has 0 unspecified atom stereocenters. The van der Waals surface area contributed by atoms with Crippen molar-refractivity contribution in [3.05, 3.63) is 95.6 Å². The van der Waals surface area contributed by atoms with Gasteiger partial charge in [-0.2, -0.15) is 0 Å². The molecular formula is C26H29N3O3. The molecule has 0 atom stereocenters.